The summed E-state index contributed by atoms with van der Waals surface area (Å²) < 4.78 is 0. The van der Waals surface area contributed by atoms with Gasteiger partial charge in [-0.2, -0.15) is 0 Å². The number of anilines is 1. The van der Waals surface area contributed by atoms with E-state index < -0.39 is 0 Å². The lowest BCUT2D eigenvalue weighted by Gasteiger charge is -2.32. The Morgan fingerprint density at radius 3 is 2.65 bits per heavy atom. The van der Waals surface area contributed by atoms with Gasteiger partial charge in [-0.05, 0) is 31.4 Å². The first-order chi connectivity index (χ1) is 8.09. The maximum Gasteiger partial charge on any atom is 0.0385 e. The summed E-state index contributed by atoms with van der Waals surface area (Å²) >= 11 is 0. The number of aryl methyl sites for hydroxylation is 1. The monoisotopic (exact) mass is 228 g/mol. The second-order valence-corrected chi connectivity index (χ2v) is 4.88. The standard InChI is InChI=1S/C15H20N2/c1-11-6-8-15(10-16,9-7-11)13-5-3-4-12(2)14(13)17/h3-8H,9-10,16-17H2,1-2H3. The molecule has 1 aliphatic carbocycles. The Labute approximate surface area is 103 Å². The Morgan fingerprint density at radius 1 is 1.29 bits per heavy atom. The lowest BCUT2D eigenvalue weighted by atomic mass is 9.73. The zero-order chi connectivity index (χ0) is 12.5. The summed E-state index contributed by atoms with van der Waals surface area (Å²) in [5.74, 6) is 0. The van der Waals surface area contributed by atoms with Crippen LogP contribution in [0.15, 0.2) is 42.0 Å². The Morgan fingerprint density at radius 2 is 2.06 bits per heavy atom. The third kappa shape index (κ3) is 2.01. The SMILES string of the molecule is CC1=CCC(CN)(c2cccc(C)c2N)C=C1. The largest absolute Gasteiger partial charge is 0.398 e. The molecule has 0 aliphatic heterocycles. The topological polar surface area (TPSA) is 52.0 Å². The average molecular weight is 228 g/mol. The number of benzene rings is 1. The maximum absolute atomic E-state index is 6.20. The zero-order valence-corrected chi connectivity index (χ0v) is 10.5. The Kier molecular flexibility index (Phi) is 3.07. The lowest BCUT2D eigenvalue weighted by molar-refractivity contribution is 0.549. The summed E-state index contributed by atoms with van der Waals surface area (Å²) in [5.41, 5.74) is 16.5. The lowest BCUT2D eigenvalue weighted by Crippen LogP contribution is -2.34. The predicted molar refractivity (Wildman–Crippen MR) is 73.8 cm³/mol. The molecule has 1 atom stereocenters. The highest BCUT2D eigenvalue weighted by atomic mass is 14.6. The van der Waals surface area contributed by atoms with Gasteiger partial charge >= 0.3 is 0 Å². The van der Waals surface area contributed by atoms with Crippen LogP contribution in [0.25, 0.3) is 0 Å². The van der Waals surface area contributed by atoms with Crippen LogP contribution in [0, 0.1) is 6.92 Å². The van der Waals surface area contributed by atoms with Crippen LogP contribution in [0.5, 0.6) is 0 Å². The number of nitrogen functional groups attached to an aromatic ring is 1. The van der Waals surface area contributed by atoms with E-state index >= 15 is 0 Å². The van der Waals surface area contributed by atoms with Gasteiger partial charge in [0.2, 0.25) is 0 Å². The van der Waals surface area contributed by atoms with Crippen molar-refractivity contribution in [3.63, 3.8) is 0 Å². The predicted octanol–water partition coefficient (Wildman–Crippen LogP) is 2.68. The third-order valence-electron chi connectivity index (χ3n) is 3.68. The molecular formula is C15H20N2. The van der Waals surface area contributed by atoms with Gasteiger partial charge in [0.1, 0.15) is 0 Å². The number of hydrogen-bond acceptors (Lipinski definition) is 2. The summed E-state index contributed by atoms with van der Waals surface area (Å²) in [7, 11) is 0. The van der Waals surface area contributed by atoms with Crippen molar-refractivity contribution in [1.29, 1.82) is 0 Å². The van der Waals surface area contributed by atoms with E-state index in [2.05, 4.69) is 37.3 Å². The summed E-state index contributed by atoms with van der Waals surface area (Å²) in [4.78, 5) is 0. The molecule has 0 heterocycles. The molecule has 0 bridgehead atoms. The van der Waals surface area contributed by atoms with Crippen LogP contribution in [0.1, 0.15) is 24.5 Å². The highest BCUT2D eigenvalue weighted by Crippen LogP contribution is 2.37. The van der Waals surface area contributed by atoms with E-state index in [1.165, 1.54) is 5.57 Å². The zero-order valence-electron chi connectivity index (χ0n) is 10.5. The van der Waals surface area contributed by atoms with Crippen LogP contribution in [0.3, 0.4) is 0 Å². The second kappa shape index (κ2) is 4.38. The first kappa shape index (κ1) is 11.9. The normalized spacial score (nSPS) is 23.6. The van der Waals surface area contributed by atoms with Gasteiger partial charge < -0.3 is 11.5 Å². The minimum Gasteiger partial charge on any atom is -0.398 e. The van der Waals surface area contributed by atoms with Crippen LogP contribution in [-0.4, -0.2) is 6.54 Å². The Bertz CT molecular complexity index is 486. The smallest absolute Gasteiger partial charge is 0.0385 e. The molecule has 0 aromatic heterocycles. The van der Waals surface area contributed by atoms with E-state index in [0.29, 0.717) is 6.54 Å². The van der Waals surface area contributed by atoms with Gasteiger partial charge in [0.15, 0.2) is 0 Å². The van der Waals surface area contributed by atoms with Crippen molar-refractivity contribution in [2.75, 3.05) is 12.3 Å². The summed E-state index contributed by atoms with van der Waals surface area (Å²) in [6.45, 7) is 4.73. The van der Waals surface area contributed by atoms with Crippen molar-refractivity contribution in [3.8, 4) is 0 Å². The van der Waals surface area contributed by atoms with Crippen molar-refractivity contribution in [2.45, 2.75) is 25.7 Å². The van der Waals surface area contributed by atoms with Gasteiger partial charge in [0, 0.05) is 17.6 Å². The fourth-order valence-corrected chi connectivity index (χ4v) is 2.35. The molecule has 90 valence electrons. The minimum atomic E-state index is -0.129. The van der Waals surface area contributed by atoms with E-state index in [-0.39, 0.29) is 5.41 Å². The molecule has 2 heteroatoms. The summed E-state index contributed by atoms with van der Waals surface area (Å²) in [5, 5.41) is 0. The van der Waals surface area contributed by atoms with E-state index in [1.54, 1.807) is 0 Å². The van der Waals surface area contributed by atoms with Crippen molar-refractivity contribution >= 4 is 5.69 Å². The van der Waals surface area contributed by atoms with E-state index in [9.17, 15) is 0 Å². The fraction of sp³-hybridized carbons (Fsp3) is 0.333. The number of allylic oxidation sites excluding steroid dienone is 3. The summed E-state index contributed by atoms with van der Waals surface area (Å²) in [6.07, 6.45) is 7.50. The molecule has 17 heavy (non-hydrogen) atoms. The van der Waals surface area contributed by atoms with Gasteiger partial charge in [-0.15, -0.1) is 0 Å². The first-order valence-electron chi connectivity index (χ1n) is 6.01. The van der Waals surface area contributed by atoms with Crippen molar-refractivity contribution < 1.29 is 0 Å². The highest BCUT2D eigenvalue weighted by molar-refractivity contribution is 5.59. The average Bonchev–Trinajstić information content (AvgIpc) is 2.35. The van der Waals surface area contributed by atoms with Gasteiger partial charge in [0.25, 0.3) is 0 Å². The molecule has 0 fully saturated rings. The minimum absolute atomic E-state index is 0.129. The number of para-hydroxylation sites is 1. The second-order valence-electron chi connectivity index (χ2n) is 4.88. The van der Waals surface area contributed by atoms with Crippen LogP contribution >= 0.6 is 0 Å². The van der Waals surface area contributed by atoms with Crippen LogP contribution in [-0.2, 0) is 5.41 Å². The number of nitrogens with two attached hydrogens (primary N) is 2. The molecule has 1 aromatic rings. The van der Waals surface area contributed by atoms with E-state index in [0.717, 1.165) is 23.2 Å². The third-order valence-corrected chi connectivity index (χ3v) is 3.68. The van der Waals surface area contributed by atoms with Gasteiger partial charge in [-0.25, -0.2) is 0 Å². The van der Waals surface area contributed by atoms with E-state index in [4.69, 9.17) is 11.5 Å². The molecule has 4 N–H and O–H groups in total. The molecule has 1 unspecified atom stereocenters. The van der Waals surface area contributed by atoms with Gasteiger partial charge in [-0.1, -0.05) is 42.0 Å². The van der Waals surface area contributed by atoms with Crippen LogP contribution < -0.4 is 11.5 Å². The molecule has 0 saturated carbocycles. The van der Waals surface area contributed by atoms with Gasteiger partial charge in [0.05, 0.1) is 0 Å². The molecule has 2 rings (SSSR count). The van der Waals surface area contributed by atoms with Crippen molar-refractivity contribution in [1.82, 2.24) is 0 Å². The molecular weight excluding hydrogens is 208 g/mol. The fourth-order valence-electron chi connectivity index (χ4n) is 2.35. The van der Waals surface area contributed by atoms with Crippen LogP contribution in [0.2, 0.25) is 0 Å². The number of rotatable bonds is 2. The Balaban J connectivity index is 2.50. The summed E-state index contributed by atoms with van der Waals surface area (Å²) in [6, 6.07) is 6.18. The van der Waals surface area contributed by atoms with Crippen molar-refractivity contribution in [2.24, 2.45) is 5.73 Å². The Hall–Kier alpha value is -1.54. The molecule has 1 aromatic carbocycles. The first-order valence-corrected chi connectivity index (χ1v) is 6.01. The number of hydrogen-bond donors (Lipinski definition) is 2. The maximum atomic E-state index is 6.20. The molecule has 0 radical (unpaired) electrons. The molecule has 0 amide bonds. The molecule has 1 aliphatic rings. The highest BCUT2D eigenvalue weighted by Gasteiger charge is 2.30. The van der Waals surface area contributed by atoms with Crippen LogP contribution in [0.4, 0.5) is 5.69 Å². The molecule has 2 nitrogen and oxygen atoms in total. The van der Waals surface area contributed by atoms with Crippen molar-refractivity contribution in [3.05, 3.63) is 53.1 Å². The molecule has 0 spiro atoms. The molecule has 0 saturated heterocycles. The van der Waals surface area contributed by atoms with Gasteiger partial charge in [-0.3, -0.25) is 0 Å². The quantitative estimate of drug-likeness (QED) is 0.765. The van der Waals surface area contributed by atoms with E-state index in [1.807, 2.05) is 13.0 Å².